The van der Waals surface area contributed by atoms with Crippen LogP contribution in [0.1, 0.15) is 36.5 Å². The summed E-state index contributed by atoms with van der Waals surface area (Å²) < 4.78 is 18.9. The molecule has 1 aromatic heterocycles. The number of thiophene rings is 1. The first kappa shape index (κ1) is 17.1. The van der Waals surface area contributed by atoms with Crippen LogP contribution in [0, 0.1) is 5.82 Å². The van der Waals surface area contributed by atoms with E-state index in [1.807, 2.05) is 17.3 Å². The normalized spacial score (nSPS) is 20.8. The molecule has 0 aliphatic carbocycles. The highest BCUT2D eigenvalue weighted by molar-refractivity contribution is 7.07. The average Bonchev–Trinajstić information content (AvgIpc) is 3.13. The third-order valence-corrected chi connectivity index (χ3v) is 5.38. The lowest BCUT2D eigenvalue weighted by Crippen LogP contribution is -2.41. The van der Waals surface area contributed by atoms with E-state index in [0.717, 1.165) is 24.8 Å². The summed E-state index contributed by atoms with van der Waals surface area (Å²) in [6, 6.07) is 8.68. The van der Waals surface area contributed by atoms with Crippen LogP contribution in [0.2, 0.25) is 0 Å². The van der Waals surface area contributed by atoms with Gasteiger partial charge >= 0.3 is 0 Å². The van der Waals surface area contributed by atoms with Crippen molar-refractivity contribution in [3.8, 4) is 0 Å². The van der Waals surface area contributed by atoms with Gasteiger partial charge in [-0.1, -0.05) is 12.1 Å². The molecule has 1 aliphatic heterocycles. The Balaban J connectivity index is 1.56. The zero-order valence-electron chi connectivity index (χ0n) is 13.8. The quantitative estimate of drug-likeness (QED) is 0.811. The maximum atomic E-state index is 13.1. The summed E-state index contributed by atoms with van der Waals surface area (Å²) in [7, 11) is 1.88. The fourth-order valence-corrected chi connectivity index (χ4v) is 3.81. The van der Waals surface area contributed by atoms with Crippen molar-refractivity contribution in [3.05, 3.63) is 58.0 Å². The van der Waals surface area contributed by atoms with E-state index in [2.05, 4.69) is 11.4 Å². The van der Waals surface area contributed by atoms with Crippen molar-refractivity contribution in [3.63, 3.8) is 0 Å². The molecule has 1 aromatic carbocycles. The molecule has 2 atom stereocenters. The smallest absolute Gasteiger partial charge is 0.222 e. The maximum absolute atomic E-state index is 13.1. The van der Waals surface area contributed by atoms with Gasteiger partial charge in [-0.15, -0.1) is 0 Å². The van der Waals surface area contributed by atoms with Crippen LogP contribution in [0.5, 0.6) is 0 Å². The third-order valence-electron chi connectivity index (χ3n) is 4.65. The number of hydrogen-bond acceptors (Lipinski definition) is 3. The minimum absolute atomic E-state index is 0.0727. The Morgan fingerprint density at radius 3 is 2.83 bits per heavy atom. The fourth-order valence-electron chi connectivity index (χ4n) is 3.11. The van der Waals surface area contributed by atoms with Crippen LogP contribution in [0.4, 0.5) is 4.39 Å². The second-order valence-corrected chi connectivity index (χ2v) is 7.01. The van der Waals surface area contributed by atoms with Gasteiger partial charge in [-0.05, 0) is 59.3 Å². The largest absolute Gasteiger partial charge is 0.373 e. The molecule has 0 radical (unpaired) electrons. The highest BCUT2D eigenvalue weighted by Gasteiger charge is 2.28. The lowest BCUT2D eigenvalue weighted by molar-refractivity contribution is -0.135. The van der Waals surface area contributed by atoms with Gasteiger partial charge in [0.15, 0.2) is 0 Å². The predicted octanol–water partition coefficient (Wildman–Crippen LogP) is 4.20. The van der Waals surface area contributed by atoms with Crippen molar-refractivity contribution in [2.24, 2.45) is 0 Å². The van der Waals surface area contributed by atoms with Crippen LogP contribution in [0.25, 0.3) is 0 Å². The Kier molecular flexibility index (Phi) is 5.63. The molecule has 2 heterocycles. The first-order valence-electron chi connectivity index (χ1n) is 8.27. The number of carbonyl (C=O) groups is 1. The summed E-state index contributed by atoms with van der Waals surface area (Å²) in [6.45, 7) is 0.620. The molecule has 3 rings (SSSR count). The number of amides is 1. The molecule has 5 heteroatoms. The molecule has 1 amide bonds. The van der Waals surface area contributed by atoms with E-state index in [9.17, 15) is 9.18 Å². The summed E-state index contributed by atoms with van der Waals surface area (Å²) in [5, 5.41) is 4.13. The number of benzene rings is 1. The third kappa shape index (κ3) is 4.22. The van der Waals surface area contributed by atoms with E-state index in [0.29, 0.717) is 13.0 Å². The summed E-state index contributed by atoms with van der Waals surface area (Å²) in [4.78, 5) is 14.3. The summed E-state index contributed by atoms with van der Waals surface area (Å²) in [6.07, 6.45) is 2.85. The number of rotatable bonds is 5. The Bertz CT molecular complexity index is 657. The van der Waals surface area contributed by atoms with Crippen LogP contribution in [-0.4, -0.2) is 30.5 Å². The molecule has 0 saturated carbocycles. The van der Waals surface area contributed by atoms with Gasteiger partial charge in [-0.25, -0.2) is 4.39 Å². The molecular formula is C19H22FNO2S. The first-order valence-corrected chi connectivity index (χ1v) is 9.21. The Hall–Kier alpha value is -1.72. The van der Waals surface area contributed by atoms with Crippen LogP contribution in [0.15, 0.2) is 41.1 Å². The standard InChI is InChI=1S/C19H22FNO2S/c1-21(19(22)7-2-14-9-11-24-13-14)17-8-10-23-18(12-17)15-3-5-16(20)6-4-15/h3-6,9,11,13,17-18H,2,7-8,10,12H2,1H3/t17-,18+/m1/s1. The molecule has 0 N–H and O–H groups in total. The van der Waals surface area contributed by atoms with Crippen molar-refractivity contribution in [1.82, 2.24) is 4.90 Å². The molecule has 24 heavy (non-hydrogen) atoms. The molecule has 3 nitrogen and oxygen atoms in total. The maximum Gasteiger partial charge on any atom is 0.222 e. The van der Waals surface area contributed by atoms with E-state index >= 15 is 0 Å². The van der Waals surface area contributed by atoms with Crippen molar-refractivity contribution < 1.29 is 13.9 Å². The van der Waals surface area contributed by atoms with Crippen LogP contribution >= 0.6 is 11.3 Å². The Morgan fingerprint density at radius 2 is 2.12 bits per heavy atom. The SMILES string of the molecule is CN(C(=O)CCc1ccsc1)[C@@H]1CCO[C@H](c2ccc(F)cc2)C1. The summed E-state index contributed by atoms with van der Waals surface area (Å²) in [5.41, 5.74) is 2.19. The van der Waals surface area contributed by atoms with Gasteiger partial charge in [0.25, 0.3) is 0 Å². The van der Waals surface area contributed by atoms with E-state index in [-0.39, 0.29) is 23.9 Å². The minimum Gasteiger partial charge on any atom is -0.373 e. The number of ether oxygens (including phenoxy) is 1. The van der Waals surface area contributed by atoms with Crippen LogP contribution in [-0.2, 0) is 16.0 Å². The van der Waals surface area contributed by atoms with E-state index in [4.69, 9.17) is 4.74 Å². The van der Waals surface area contributed by atoms with Crippen molar-refractivity contribution >= 4 is 17.2 Å². The Labute approximate surface area is 146 Å². The van der Waals surface area contributed by atoms with E-state index in [1.54, 1.807) is 23.5 Å². The van der Waals surface area contributed by atoms with E-state index in [1.165, 1.54) is 17.7 Å². The number of halogens is 1. The summed E-state index contributed by atoms with van der Waals surface area (Å²) in [5.74, 6) is -0.0715. The zero-order valence-corrected chi connectivity index (χ0v) is 14.6. The van der Waals surface area contributed by atoms with Gasteiger partial charge in [0.2, 0.25) is 5.91 Å². The van der Waals surface area contributed by atoms with Crippen molar-refractivity contribution in [1.29, 1.82) is 0 Å². The van der Waals surface area contributed by atoms with Gasteiger partial charge in [0.05, 0.1) is 6.10 Å². The monoisotopic (exact) mass is 347 g/mol. The molecule has 128 valence electrons. The van der Waals surface area contributed by atoms with E-state index < -0.39 is 0 Å². The molecule has 1 aliphatic rings. The van der Waals surface area contributed by atoms with Crippen molar-refractivity contribution in [2.45, 2.75) is 37.8 Å². The number of hydrogen-bond donors (Lipinski definition) is 0. The van der Waals surface area contributed by atoms with Gasteiger partial charge < -0.3 is 9.64 Å². The molecule has 1 saturated heterocycles. The van der Waals surface area contributed by atoms with Gasteiger partial charge in [0.1, 0.15) is 5.82 Å². The second kappa shape index (κ2) is 7.90. The Morgan fingerprint density at radius 1 is 1.33 bits per heavy atom. The predicted molar refractivity (Wildman–Crippen MR) is 93.5 cm³/mol. The average molecular weight is 347 g/mol. The number of carbonyl (C=O) groups excluding carboxylic acids is 1. The lowest BCUT2D eigenvalue weighted by atomic mass is 9.96. The molecule has 2 aromatic rings. The molecular weight excluding hydrogens is 325 g/mol. The fraction of sp³-hybridized carbons (Fsp3) is 0.421. The summed E-state index contributed by atoms with van der Waals surface area (Å²) >= 11 is 1.66. The second-order valence-electron chi connectivity index (χ2n) is 6.23. The van der Waals surface area contributed by atoms with Gasteiger partial charge in [-0.3, -0.25) is 4.79 Å². The topological polar surface area (TPSA) is 29.5 Å². The highest BCUT2D eigenvalue weighted by atomic mass is 32.1. The zero-order chi connectivity index (χ0) is 16.9. The first-order chi connectivity index (χ1) is 11.6. The molecule has 0 unspecified atom stereocenters. The highest BCUT2D eigenvalue weighted by Crippen LogP contribution is 2.30. The number of nitrogens with zero attached hydrogens (tertiary/aromatic N) is 1. The van der Waals surface area contributed by atoms with Gasteiger partial charge in [0, 0.05) is 26.1 Å². The minimum atomic E-state index is -0.244. The van der Waals surface area contributed by atoms with Crippen LogP contribution in [0.3, 0.4) is 0 Å². The molecule has 0 bridgehead atoms. The van der Waals surface area contributed by atoms with Gasteiger partial charge in [-0.2, -0.15) is 11.3 Å². The molecule has 1 fully saturated rings. The number of aryl methyl sites for hydroxylation is 1. The molecule has 0 spiro atoms. The van der Waals surface area contributed by atoms with Crippen LogP contribution < -0.4 is 0 Å². The lowest BCUT2D eigenvalue weighted by Gasteiger charge is -2.35. The van der Waals surface area contributed by atoms with Crippen molar-refractivity contribution in [2.75, 3.05) is 13.7 Å².